The Morgan fingerprint density at radius 1 is 1.36 bits per heavy atom. The molecule has 0 radical (unpaired) electrons. The zero-order chi connectivity index (χ0) is 15.6. The molecule has 1 aromatic carbocycles. The quantitative estimate of drug-likeness (QED) is 0.908. The molecule has 120 valence electrons. The maximum Gasteiger partial charge on any atom is 0.223 e. The average Bonchev–Trinajstić information content (AvgIpc) is 3.26. The first-order valence-corrected chi connectivity index (χ1v) is 8.26. The minimum atomic E-state index is 0.214. The second-order valence-electron chi connectivity index (χ2n) is 6.77. The van der Waals surface area contributed by atoms with Crippen LogP contribution in [0.1, 0.15) is 26.2 Å². The van der Waals surface area contributed by atoms with Crippen LogP contribution >= 0.6 is 0 Å². The molecule has 3 rings (SSSR count). The molecule has 1 saturated heterocycles. The summed E-state index contributed by atoms with van der Waals surface area (Å²) >= 11 is 0. The van der Waals surface area contributed by atoms with E-state index in [0.29, 0.717) is 6.54 Å². The van der Waals surface area contributed by atoms with Gasteiger partial charge in [0.05, 0.1) is 0 Å². The Bertz CT molecular complexity index is 511. The van der Waals surface area contributed by atoms with Crippen molar-refractivity contribution in [3.05, 3.63) is 30.3 Å². The van der Waals surface area contributed by atoms with Gasteiger partial charge in [-0.2, -0.15) is 0 Å². The molecule has 1 aliphatic heterocycles. The lowest BCUT2D eigenvalue weighted by atomic mass is 9.93. The minimum absolute atomic E-state index is 0.214. The molecule has 1 aliphatic carbocycles. The number of carbonyl (C=O) groups is 1. The largest absolute Gasteiger partial charge is 0.381 e. The molecule has 4 nitrogen and oxygen atoms in total. The summed E-state index contributed by atoms with van der Waals surface area (Å²) in [5.74, 6) is 0.445. The third-order valence-corrected chi connectivity index (χ3v) is 5.39. The molecule has 22 heavy (non-hydrogen) atoms. The van der Waals surface area contributed by atoms with E-state index in [1.165, 1.54) is 5.69 Å². The summed E-state index contributed by atoms with van der Waals surface area (Å²) in [5.41, 5.74) is 1.44. The van der Waals surface area contributed by atoms with Crippen LogP contribution in [-0.2, 0) is 9.53 Å². The van der Waals surface area contributed by atoms with E-state index in [-0.39, 0.29) is 23.3 Å². The molecule has 0 bridgehead atoms. The number of carbonyl (C=O) groups excluding carboxylic acids is 1. The monoisotopic (exact) mass is 302 g/mol. The first-order chi connectivity index (χ1) is 10.6. The molecular formula is C18H26N2O2. The molecule has 2 aliphatic rings. The summed E-state index contributed by atoms with van der Waals surface area (Å²) in [5, 5.41) is 3.15. The zero-order valence-corrected chi connectivity index (χ0v) is 13.5. The molecule has 1 amide bonds. The first-order valence-electron chi connectivity index (χ1n) is 8.26. The minimum Gasteiger partial charge on any atom is -0.381 e. The summed E-state index contributed by atoms with van der Waals surface area (Å²) in [7, 11) is 2.07. The van der Waals surface area contributed by atoms with E-state index in [4.69, 9.17) is 4.74 Å². The third kappa shape index (κ3) is 3.12. The average molecular weight is 302 g/mol. The van der Waals surface area contributed by atoms with Crippen molar-refractivity contribution < 1.29 is 9.53 Å². The van der Waals surface area contributed by atoms with Crippen LogP contribution in [0.25, 0.3) is 0 Å². The zero-order valence-electron chi connectivity index (χ0n) is 13.5. The summed E-state index contributed by atoms with van der Waals surface area (Å²) in [6.07, 6.45) is 3.14. The van der Waals surface area contributed by atoms with Crippen molar-refractivity contribution in [3.63, 3.8) is 0 Å². The van der Waals surface area contributed by atoms with Gasteiger partial charge >= 0.3 is 0 Å². The van der Waals surface area contributed by atoms with Crippen LogP contribution in [0, 0.1) is 11.3 Å². The fraction of sp³-hybridized carbons (Fsp3) is 0.611. The van der Waals surface area contributed by atoms with E-state index in [1.54, 1.807) is 0 Å². The number of likely N-dealkylation sites (N-methyl/N-ethyl adjacent to an activating group) is 1. The van der Waals surface area contributed by atoms with Crippen LogP contribution in [0.3, 0.4) is 0 Å². The Morgan fingerprint density at radius 2 is 2.05 bits per heavy atom. The normalized spacial score (nSPS) is 23.8. The van der Waals surface area contributed by atoms with Gasteiger partial charge in [-0.3, -0.25) is 4.79 Å². The number of anilines is 1. The summed E-state index contributed by atoms with van der Waals surface area (Å²) in [6, 6.07) is 10.6. The summed E-state index contributed by atoms with van der Waals surface area (Å²) in [6.45, 7) is 4.46. The lowest BCUT2D eigenvalue weighted by Gasteiger charge is -2.27. The Morgan fingerprint density at radius 3 is 2.73 bits per heavy atom. The van der Waals surface area contributed by atoms with Crippen LogP contribution < -0.4 is 10.2 Å². The van der Waals surface area contributed by atoms with Gasteiger partial charge in [0.25, 0.3) is 0 Å². The predicted octanol–water partition coefficient (Wildman–Crippen LogP) is 2.44. The predicted molar refractivity (Wildman–Crippen MR) is 87.9 cm³/mol. The van der Waals surface area contributed by atoms with Crippen molar-refractivity contribution in [2.24, 2.45) is 11.3 Å². The van der Waals surface area contributed by atoms with Gasteiger partial charge in [0.2, 0.25) is 5.91 Å². The highest BCUT2D eigenvalue weighted by atomic mass is 16.5. The number of amides is 1. The van der Waals surface area contributed by atoms with Crippen LogP contribution in [0.15, 0.2) is 30.3 Å². The van der Waals surface area contributed by atoms with Gasteiger partial charge in [-0.25, -0.2) is 0 Å². The fourth-order valence-corrected chi connectivity index (χ4v) is 3.47. The Hall–Kier alpha value is -1.55. The van der Waals surface area contributed by atoms with Gasteiger partial charge < -0.3 is 15.0 Å². The summed E-state index contributed by atoms with van der Waals surface area (Å²) < 4.78 is 5.41. The number of hydrogen-bond acceptors (Lipinski definition) is 3. The molecular weight excluding hydrogens is 276 g/mol. The highest BCUT2D eigenvalue weighted by Crippen LogP contribution is 2.59. The fourth-order valence-electron chi connectivity index (χ4n) is 3.47. The van der Waals surface area contributed by atoms with Crippen LogP contribution in [-0.4, -0.2) is 38.8 Å². The Labute approximate surface area is 132 Å². The molecule has 1 aromatic rings. The van der Waals surface area contributed by atoms with Gasteiger partial charge in [0.15, 0.2) is 0 Å². The van der Waals surface area contributed by atoms with E-state index in [1.807, 2.05) is 18.2 Å². The number of rotatable bonds is 5. The summed E-state index contributed by atoms with van der Waals surface area (Å²) in [4.78, 5) is 14.6. The third-order valence-electron chi connectivity index (χ3n) is 5.39. The lowest BCUT2D eigenvalue weighted by molar-refractivity contribution is -0.123. The van der Waals surface area contributed by atoms with Crippen molar-refractivity contribution in [2.45, 2.75) is 32.2 Å². The number of ether oxygens (including phenoxy) is 1. The topological polar surface area (TPSA) is 41.6 Å². The molecule has 1 spiro atoms. The highest BCUT2D eigenvalue weighted by Gasteiger charge is 2.57. The van der Waals surface area contributed by atoms with Crippen molar-refractivity contribution in [1.82, 2.24) is 5.32 Å². The first kappa shape index (κ1) is 15.3. The number of hydrogen-bond donors (Lipinski definition) is 1. The van der Waals surface area contributed by atoms with Gasteiger partial charge in [0.1, 0.15) is 0 Å². The van der Waals surface area contributed by atoms with Gasteiger partial charge in [-0.05, 0) is 43.7 Å². The molecule has 2 atom stereocenters. The van der Waals surface area contributed by atoms with E-state index in [9.17, 15) is 4.79 Å². The van der Waals surface area contributed by atoms with Crippen molar-refractivity contribution in [3.8, 4) is 0 Å². The van der Waals surface area contributed by atoms with Crippen molar-refractivity contribution in [1.29, 1.82) is 0 Å². The number of benzene rings is 1. The molecule has 1 heterocycles. The molecule has 1 saturated carbocycles. The van der Waals surface area contributed by atoms with Crippen LogP contribution in [0.4, 0.5) is 5.69 Å². The highest BCUT2D eigenvalue weighted by molar-refractivity contribution is 5.82. The number of para-hydroxylation sites is 1. The molecule has 0 aromatic heterocycles. The van der Waals surface area contributed by atoms with E-state index >= 15 is 0 Å². The number of nitrogens with one attached hydrogen (secondary N) is 1. The lowest BCUT2D eigenvalue weighted by Crippen LogP contribution is -2.41. The van der Waals surface area contributed by atoms with Crippen molar-refractivity contribution >= 4 is 11.6 Å². The maximum atomic E-state index is 12.4. The second-order valence-corrected chi connectivity index (χ2v) is 6.77. The van der Waals surface area contributed by atoms with Crippen LogP contribution in [0.5, 0.6) is 0 Å². The van der Waals surface area contributed by atoms with E-state index < -0.39 is 0 Å². The molecule has 4 heteroatoms. The standard InChI is InChI=1S/C18H26N2O2/c1-14(20(2)15-6-4-3-5-7-15)13-19-17(21)16-12-18(16)8-10-22-11-9-18/h3-7,14,16H,8-13H2,1-2H3,(H,19,21)/t14-,16-/m0/s1. The molecule has 0 unspecified atom stereocenters. The van der Waals surface area contributed by atoms with Crippen LogP contribution in [0.2, 0.25) is 0 Å². The molecule has 1 N–H and O–H groups in total. The Balaban J connectivity index is 1.47. The maximum absolute atomic E-state index is 12.4. The van der Waals surface area contributed by atoms with E-state index in [2.05, 4.69) is 36.3 Å². The smallest absolute Gasteiger partial charge is 0.223 e. The Kier molecular flexibility index (Phi) is 4.39. The SMILES string of the molecule is C[C@@H](CNC(=O)[C@@H]1CC12CCOCC2)N(C)c1ccccc1. The van der Waals surface area contributed by atoms with E-state index in [0.717, 1.165) is 32.5 Å². The second kappa shape index (κ2) is 6.29. The number of nitrogens with zero attached hydrogens (tertiary/aromatic N) is 1. The van der Waals surface area contributed by atoms with Crippen molar-refractivity contribution in [2.75, 3.05) is 31.7 Å². The van der Waals surface area contributed by atoms with Gasteiger partial charge in [-0.1, -0.05) is 18.2 Å². The van der Waals surface area contributed by atoms with Gasteiger partial charge in [0, 0.05) is 44.5 Å². The van der Waals surface area contributed by atoms with Gasteiger partial charge in [-0.15, -0.1) is 0 Å². The molecule has 2 fully saturated rings.